The molecule has 0 saturated heterocycles. The lowest BCUT2D eigenvalue weighted by atomic mass is 10.0. The number of aryl methyl sites for hydroxylation is 3. The van der Waals surface area contributed by atoms with Crippen LogP contribution in [0.25, 0.3) is 0 Å². The lowest BCUT2D eigenvalue weighted by Crippen LogP contribution is -1.89. The third-order valence-electron chi connectivity index (χ3n) is 1.94. The Hall–Kier alpha value is -1.66. The molecule has 0 atom stereocenters. The van der Waals surface area contributed by atoms with Crippen molar-refractivity contribution in [2.75, 3.05) is 0 Å². The van der Waals surface area contributed by atoms with Gasteiger partial charge in [-0.25, -0.2) is 0 Å². The average molecular weight is 168 g/mol. The number of hydrogen-bond acceptors (Lipinski definition) is 0. The van der Waals surface area contributed by atoms with Crippen LogP contribution in [0.1, 0.15) is 22.3 Å². The predicted molar refractivity (Wildman–Crippen MR) is 56.4 cm³/mol. The largest absolute Gasteiger partial charge is 0.106 e. The van der Waals surface area contributed by atoms with E-state index in [0.717, 1.165) is 5.56 Å². The first kappa shape index (κ1) is 9.43. The first-order valence-electron chi connectivity index (χ1n) is 4.19. The van der Waals surface area contributed by atoms with Crippen molar-refractivity contribution >= 4 is 0 Å². The molecule has 0 aromatic heterocycles. The topological polar surface area (TPSA) is 0 Å². The summed E-state index contributed by atoms with van der Waals surface area (Å²) in [4.78, 5) is 0. The van der Waals surface area contributed by atoms with Gasteiger partial charge in [0.15, 0.2) is 0 Å². The standard InChI is InChI=1S/C13H12/c1-5-6-7-13-11(3)8-10(2)9-12(13)4/h1,8-9H,2-4H3. The Morgan fingerprint density at radius 2 is 1.62 bits per heavy atom. The number of benzene rings is 1. The Balaban J connectivity index is 3.31. The van der Waals surface area contributed by atoms with Gasteiger partial charge in [-0.05, 0) is 43.7 Å². The van der Waals surface area contributed by atoms with Crippen molar-refractivity contribution in [1.29, 1.82) is 0 Å². The van der Waals surface area contributed by atoms with E-state index in [-0.39, 0.29) is 0 Å². The highest BCUT2D eigenvalue weighted by atomic mass is 14.0. The van der Waals surface area contributed by atoms with Crippen molar-refractivity contribution in [3.63, 3.8) is 0 Å². The molecule has 64 valence electrons. The molecular weight excluding hydrogens is 156 g/mol. The van der Waals surface area contributed by atoms with Gasteiger partial charge in [-0.2, -0.15) is 0 Å². The van der Waals surface area contributed by atoms with Gasteiger partial charge in [0.1, 0.15) is 0 Å². The highest BCUT2D eigenvalue weighted by molar-refractivity contribution is 5.50. The zero-order chi connectivity index (χ0) is 9.84. The molecule has 1 aromatic carbocycles. The average Bonchev–Trinajstić information content (AvgIpc) is 2.02. The van der Waals surface area contributed by atoms with Crippen molar-refractivity contribution < 1.29 is 0 Å². The van der Waals surface area contributed by atoms with Gasteiger partial charge in [-0.3, -0.25) is 0 Å². The lowest BCUT2D eigenvalue weighted by molar-refractivity contribution is 1.30. The van der Waals surface area contributed by atoms with E-state index >= 15 is 0 Å². The quantitative estimate of drug-likeness (QED) is 0.522. The molecule has 13 heavy (non-hydrogen) atoms. The minimum Gasteiger partial charge on any atom is -0.106 e. The zero-order valence-electron chi connectivity index (χ0n) is 8.23. The summed E-state index contributed by atoms with van der Waals surface area (Å²) in [6.07, 6.45) is 5.08. The van der Waals surface area contributed by atoms with Crippen LogP contribution in [0.3, 0.4) is 0 Å². The minimum atomic E-state index is 1.06. The second-order valence-electron chi connectivity index (χ2n) is 3.17. The normalized spacial score (nSPS) is 8.46. The van der Waals surface area contributed by atoms with Gasteiger partial charge in [0.2, 0.25) is 0 Å². The molecule has 0 N–H and O–H groups in total. The van der Waals surface area contributed by atoms with Gasteiger partial charge >= 0.3 is 0 Å². The van der Waals surface area contributed by atoms with Gasteiger partial charge < -0.3 is 0 Å². The molecule has 0 heterocycles. The molecule has 0 saturated carbocycles. The second kappa shape index (κ2) is 3.83. The summed E-state index contributed by atoms with van der Waals surface area (Å²) in [5.41, 5.74) is 4.71. The maximum absolute atomic E-state index is 5.08. The fourth-order valence-corrected chi connectivity index (χ4v) is 1.48. The predicted octanol–water partition coefficient (Wildman–Crippen LogP) is 2.60. The number of terminal acetylenes is 1. The van der Waals surface area contributed by atoms with E-state index in [1.165, 1.54) is 16.7 Å². The van der Waals surface area contributed by atoms with Gasteiger partial charge in [0.05, 0.1) is 0 Å². The lowest BCUT2D eigenvalue weighted by Gasteiger charge is -2.04. The van der Waals surface area contributed by atoms with Crippen molar-refractivity contribution in [2.45, 2.75) is 20.8 Å². The van der Waals surface area contributed by atoms with Gasteiger partial charge in [-0.15, -0.1) is 6.42 Å². The van der Waals surface area contributed by atoms with Crippen LogP contribution in [-0.2, 0) is 0 Å². The van der Waals surface area contributed by atoms with Crippen molar-refractivity contribution in [3.05, 3.63) is 34.4 Å². The van der Waals surface area contributed by atoms with E-state index in [1.807, 2.05) is 0 Å². The van der Waals surface area contributed by atoms with Crippen LogP contribution in [-0.4, -0.2) is 0 Å². The molecule has 0 bridgehead atoms. The molecule has 1 aromatic rings. The molecule has 0 unspecified atom stereocenters. The van der Waals surface area contributed by atoms with E-state index in [9.17, 15) is 0 Å². The Kier molecular flexibility index (Phi) is 2.78. The van der Waals surface area contributed by atoms with Crippen molar-refractivity contribution in [2.24, 2.45) is 0 Å². The molecule has 0 aliphatic rings. The van der Waals surface area contributed by atoms with Crippen LogP contribution in [0.15, 0.2) is 12.1 Å². The van der Waals surface area contributed by atoms with E-state index in [1.54, 1.807) is 0 Å². The number of rotatable bonds is 0. The fourth-order valence-electron chi connectivity index (χ4n) is 1.48. The Labute approximate surface area is 80.0 Å². The molecule has 0 heteroatoms. The molecule has 0 fully saturated rings. The second-order valence-corrected chi connectivity index (χ2v) is 3.17. The van der Waals surface area contributed by atoms with Crippen molar-refractivity contribution in [3.8, 4) is 24.2 Å². The first-order valence-corrected chi connectivity index (χ1v) is 4.19. The molecule has 1 rings (SSSR count). The fraction of sp³-hybridized carbons (Fsp3) is 0.231. The Morgan fingerprint density at radius 3 is 2.08 bits per heavy atom. The third-order valence-corrected chi connectivity index (χ3v) is 1.94. The van der Waals surface area contributed by atoms with E-state index in [4.69, 9.17) is 6.42 Å². The van der Waals surface area contributed by atoms with Gasteiger partial charge in [-0.1, -0.05) is 23.6 Å². The summed E-state index contributed by atoms with van der Waals surface area (Å²) in [5, 5.41) is 0. The van der Waals surface area contributed by atoms with Gasteiger partial charge in [0.25, 0.3) is 0 Å². The molecular formula is C13H12. The molecule has 0 nitrogen and oxygen atoms in total. The maximum atomic E-state index is 5.08. The van der Waals surface area contributed by atoms with E-state index in [0.29, 0.717) is 0 Å². The minimum absolute atomic E-state index is 1.06. The summed E-state index contributed by atoms with van der Waals surface area (Å²) in [6, 6.07) is 4.24. The molecule has 0 aliphatic heterocycles. The summed E-state index contributed by atoms with van der Waals surface area (Å²) in [6.45, 7) is 6.19. The van der Waals surface area contributed by atoms with Crippen LogP contribution in [0.4, 0.5) is 0 Å². The SMILES string of the molecule is C#CC#Cc1c(C)cc(C)cc1C. The Bertz CT molecular complexity index is 397. The molecule has 0 amide bonds. The van der Waals surface area contributed by atoms with E-state index in [2.05, 4.69) is 50.7 Å². The molecule has 0 aliphatic carbocycles. The number of hydrogen-bond donors (Lipinski definition) is 0. The van der Waals surface area contributed by atoms with E-state index < -0.39 is 0 Å². The zero-order valence-corrected chi connectivity index (χ0v) is 8.23. The maximum Gasteiger partial charge on any atom is 0.0314 e. The molecule has 0 spiro atoms. The van der Waals surface area contributed by atoms with Crippen LogP contribution in [0.5, 0.6) is 0 Å². The van der Waals surface area contributed by atoms with Crippen LogP contribution in [0.2, 0.25) is 0 Å². The third kappa shape index (κ3) is 2.14. The monoisotopic (exact) mass is 168 g/mol. The highest BCUT2D eigenvalue weighted by Gasteiger charge is 1.99. The summed E-state index contributed by atoms with van der Waals surface area (Å²) in [7, 11) is 0. The summed E-state index contributed by atoms with van der Waals surface area (Å²) < 4.78 is 0. The summed E-state index contributed by atoms with van der Waals surface area (Å²) >= 11 is 0. The summed E-state index contributed by atoms with van der Waals surface area (Å²) in [5.74, 6) is 7.94. The van der Waals surface area contributed by atoms with Crippen LogP contribution in [0, 0.1) is 45.0 Å². The van der Waals surface area contributed by atoms with Crippen molar-refractivity contribution in [1.82, 2.24) is 0 Å². The van der Waals surface area contributed by atoms with Gasteiger partial charge in [0, 0.05) is 5.56 Å². The molecule has 0 radical (unpaired) electrons. The smallest absolute Gasteiger partial charge is 0.0314 e. The first-order chi connectivity index (χ1) is 6.15. The van der Waals surface area contributed by atoms with Crippen LogP contribution < -0.4 is 0 Å². The highest BCUT2D eigenvalue weighted by Crippen LogP contribution is 2.14. The Morgan fingerprint density at radius 1 is 1.08 bits per heavy atom. The van der Waals surface area contributed by atoms with Crippen LogP contribution >= 0.6 is 0 Å².